The first kappa shape index (κ1) is 23.0. The van der Waals surface area contributed by atoms with Crippen molar-refractivity contribution in [2.24, 2.45) is 0 Å². The molecular formula is C20H25NO9. The van der Waals surface area contributed by atoms with Crippen LogP contribution in [0.4, 0.5) is 5.69 Å². The summed E-state index contributed by atoms with van der Waals surface area (Å²) in [4.78, 5) is 38.6. The molecule has 164 valence electrons. The third kappa shape index (κ3) is 4.65. The summed E-state index contributed by atoms with van der Waals surface area (Å²) >= 11 is 0. The van der Waals surface area contributed by atoms with E-state index in [4.69, 9.17) is 28.4 Å². The predicted molar refractivity (Wildman–Crippen MR) is 104 cm³/mol. The van der Waals surface area contributed by atoms with Crippen molar-refractivity contribution in [3.63, 3.8) is 0 Å². The molecule has 0 spiro atoms. The van der Waals surface area contributed by atoms with Gasteiger partial charge in [-0.3, -0.25) is 0 Å². The van der Waals surface area contributed by atoms with E-state index in [1.165, 1.54) is 38.4 Å². The third-order valence-corrected chi connectivity index (χ3v) is 4.19. The number of esters is 3. The fraction of sp³-hybridized carbons (Fsp3) is 0.450. The number of anilines is 1. The van der Waals surface area contributed by atoms with Gasteiger partial charge in [0.15, 0.2) is 11.5 Å². The minimum atomic E-state index is -0.790. The highest BCUT2D eigenvalue weighted by Gasteiger charge is 2.35. The minimum absolute atomic E-state index is 0.0433. The van der Waals surface area contributed by atoms with Crippen LogP contribution in [0.2, 0.25) is 0 Å². The van der Waals surface area contributed by atoms with Crippen molar-refractivity contribution < 1.29 is 42.8 Å². The molecule has 1 aromatic rings. The van der Waals surface area contributed by atoms with Crippen molar-refractivity contribution in [2.45, 2.75) is 13.8 Å². The van der Waals surface area contributed by atoms with Gasteiger partial charge in [0.2, 0.25) is 0 Å². The molecule has 0 saturated carbocycles. The van der Waals surface area contributed by atoms with E-state index in [2.05, 4.69) is 0 Å². The lowest BCUT2D eigenvalue weighted by Crippen LogP contribution is -2.39. The number of benzene rings is 1. The van der Waals surface area contributed by atoms with E-state index in [0.29, 0.717) is 24.7 Å². The number of methoxy groups -OCH3 is 3. The molecule has 1 aromatic carbocycles. The van der Waals surface area contributed by atoms with E-state index in [1.807, 2.05) is 0 Å². The van der Waals surface area contributed by atoms with Gasteiger partial charge in [-0.2, -0.15) is 0 Å². The van der Waals surface area contributed by atoms with Gasteiger partial charge < -0.3 is 33.3 Å². The van der Waals surface area contributed by atoms with Gasteiger partial charge in [0.05, 0.1) is 58.0 Å². The zero-order chi connectivity index (χ0) is 22.3. The Bertz CT molecular complexity index is 847. The number of rotatable bonds is 8. The van der Waals surface area contributed by atoms with E-state index >= 15 is 0 Å². The summed E-state index contributed by atoms with van der Waals surface area (Å²) in [7, 11) is 3.60. The molecule has 0 radical (unpaired) electrons. The molecule has 0 aromatic heterocycles. The number of hydrogen-bond acceptors (Lipinski definition) is 10. The second-order valence-electron chi connectivity index (χ2n) is 5.89. The van der Waals surface area contributed by atoms with Gasteiger partial charge in [-0.05, 0) is 13.8 Å². The van der Waals surface area contributed by atoms with Crippen LogP contribution >= 0.6 is 0 Å². The summed E-state index contributed by atoms with van der Waals surface area (Å²) in [5, 5.41) is 0. The molecule has 0 aliphatic carbocycles. The van der Waals surface area contributed by atoms with E-state index in [1.54, 1.807) is 13.8 Å². The maximum absolute atomic E-state index is 12.6. The molecule has 2 rings (SSSR count). The quantitative estimate of drug-likeness (QED) is 0.452. The van der Waals surface area contributed by atoms with Crippen molar-refractivity contribution >= 4 is 23.6 Å². The molecule has 0 fully saturated rings. The van der Waals surface area contributed by atoms with Crippen LogP contribution in [0, 0.1) is 0 Å². The molecule has 10 nitrogen and oxygen atoms in total. The molecule has 0 N–H and O–H groups in total. The lowest BCUT2D eigenvalue weighted by Gasteiger charge is -2.32. The summed E-state index contributed by atoms with van der Waals surface area (Å²) in [6.07, 6.45) is 0. The van der Waals surface area contributed by atoms with E-state index in [-0.39, 0.29) is 35.9 Å². The van der Waals surface area contributed by atoms with Crippen molar-refractivity contribution in [1.29, 1.82) is 0 Å². The average molecular weight is 423 g/mol. The molecule has 1 heterocycles. The van der Waals surface area contributed by atoms with E-state index in [9.17, 15) is 14.4 Å². The van der Waals surface area contributed by atoms with Crippen LogP contribution in [-0.2, 0) is 28.5 Å². The van der Waals surface area contributed by atoms with Crippen molar-refractivity contribution in [1.82, 2.24) is 0 Å². The van der Waals surface area contributed by atoms with Crippen LogP contribution in [0.25, 0.3) is 0 Å². The van der Waals surface area contributed by atoms with Crippen LogP contribution in [0.15, 0.2) is 23.4 Å². The summed E-state index contributed by atoms with van der Waals surface area (Å²) in [6.45, 7) is 3.97. The smallest absolute Gasteiger partial charge is 0.355 e. The number of carbonyl (C=O) groups excluding carboxylic acids is 3. The molecule has 1 aliphatic heterocycles. The Labute approximate surface area is 174 Å². The molecule has 0 atom stereocenters. The highest BCUT2D eigenvalue weighted by Crippen LogP contribution is 2.39. The average Bonchev–Trinajstić information content (AvgIpc) is 2.78. The van der Waals surface area contributed by atoms with Crippen molar-refractivity contribution in [2.75, 3.05) is 52.8 Å². The summed E-state index contributed by atoms with van der Waals surface area (Å²) in [5.74, 6) is -1.55. The Hall–Kier alpha value is -3.27. The van der Waals surface area contributed by atoms with E-state index in [0.717, 1.165) is 0 Å². The minimum Gasteiger partial charge on any atom is -0.490 e. The maximum atomic E-state index is 12.6. The van der Waals surface area contributed by atoms with E-state index < -0.39 is 17.9 Å². The number of ether oxygens (including phenoxy) is 6. The van der Waals surface area contributed by atoms with Gasteiger partial charge in [-0.1, -0.05) is 0 Å². The normalized spacial score (nSPS) is 13.6. The second-order valence-corrected chi connectivity index (χ2v) is 5.89. The Morgan fingerprint density at radius 2 is 1.47 bits per heavy atom. The molecule has 0 unspecified atom stereocenters. The largest absolute Gasteiger partial charge is 0.490 e. The van der Waals surface area contributed by atoms with Gasteiger partial charge in [-0.15, -0.1) is 0 Å². The highest BCUT2D eigenvalue weighted by atomic mass is 16.5. The fourth-order valence-electron chi connectivity index (χ4n) is 2.92. The van der Waals surface area contributed by atoms with Crippen LogP contribution in [0.5, 0.6) is 11.5 Å². The molecule has 10 heteroatoms. The van der Waals surface area contributed by atoms with Crippen LogP contribution in [0.1, 0.15) is 24.2 Å². The van der Waals surface area contributed by atoms with Gasteiger partial charge >= 0.3 is 17.9 Å². The lowest BCUT2D eigenvalue weighted by atomic mass is 10.1. The first-order chi connectivity index (χ1) is 14.4. The third-order valence-electron chi connectivity index (χ3n) is 4.19. The van der Waals surface area contributed by atoms with Crippen LogP contribution in [-0.4, -0.2) is 65.8 Å². The maximum Gasteiger partial charge on any atom is 0.355 e. The molecule has 0 amide bonds. The monoisotopic (exact) mass is 423 g/mol. The predicted octanol–water partition coefficient (Wildman–Crippen LogP) is 1.66. The van der Waals surface area contributed by atoms with Gasteiger partial charge in [0, 0.05) is 12.1 Å². The summed E-state index contributed by atoms with van der Waals surface area (Å²) in [6, 6.07) is 2.98. The molecular weight excluding hydrogens is 398 g/mol. The number of hydrogen-bond donors (Lipinski definition) is 0. The highest BCUT2D eigenvalue weighted by molar-refractivity contribution is 6.05. The zero-order valence-electron chi connectivity index (χ0n) is 17.6. The molecule has 0 saturated heterocycles. The first-order valence-electron chi connectivity index (χ1n) is 9.20. The number of nitrogens with zero attached hydrogens (tertiary/aromatic N) is 1. The Balaban J connectivity index is 2.77. The Morgan fingerprint density at radius 3 is 2.00 bits per heavy atom. The van der Waals surface area contributed by atoms with Crippen LogP contribution in [0.3, 0.4) is 0 Å². The Morgan fingerprint density at radius 1 is 0.900 bits per heavy atom. The van der Waals surface area contributed by atoms with Crippen LogP contribution < -0.4 is 14.4 Å². The van der Waals surface area contributed by atoms with Gasteiger partial charge in [0.1, 0.15) is 12.4 Å². The topological polar surface area (TPSA) is 110 Å². The van der Waals surface area contributed by atoms with Crippen molar-refractivity contribution in [3.05, 3.63) is 29.0 Å². The molecule has 0 bridgehead atoms. The summed E-state index contributed by atoms with van der Waals surface area (Å²) in [5.41, 5.74) is 0.154. The zero-order valence-corrected chi connectivity index (χ0v) is 17.6. The SMILES string of the molecule is CCOc1cc(C(=O)OC)c(N2COCC(C(=O)OC)=C2C(=O)OC)cc1OCC. The van der Waals surface area contributed by atoms with Crippen molar-refractivity contribution in [3.8, 4) is 11.5 Å². The Kier molecular flexibility index (Phi) is 8.05. The lowest BCUT2D eigenvalue weighted by molar-refractivity contribution is -0.140. The van der Waals surface area contributed by atoms with Gasteiger partial charge in [-0.25, -0.2) is 14.4 Å². The molecule has 1 aliphatic rings. The second kappa shape index (κ2) is 10.5. The summed E-state index contributed by atoms with van der Waals surface area (Å²) < 4.78 is 31.2. The van der Waals surface area contributed by atoms with Gasteiger partial charge in [0.25, 0.3) is 0 Å². The fourth-order valence-corrected chi connectivity index (χ4v) is 2.92. The molecule has 30 heavy (non-hydrogen) atoms. The first-order valence-corrected chi connectivity index (χ1v) is 9.20. The number of carbonyl (C=O) groups is 3. The standard InChI is InChI=1S/C20H25NO9/c1-6-29-15-8-12(18(22)25-3)14(9-16(15)30-7-2)21-11-28-10-13(19(23)26-4)17(21)20(24)27-5/h8-9H,6-7,10-11H2,1-5H3.